The lowest BCUT2D eigenvalue weighted by Gasteiger charge is -2.15. The molecule has 0 aliphatic heterocycles. The fourth-order valence-corrected chi connectivity index (χ4v) is 2.85. The third-order valence-corrected chi connectivity index (χ3v) is 3.63. The molecule has 4 nitrogen and oxygen atoms in total. The van der Waals surface area contributed by atoms with Crippen LogP contribution in [0.1, 0.15) is 23.9 Å². The van der Waals surface area contributed by atoms with Gasteiger partial charge >= 0.3 is 0 Å². The van der Waals surface area contributed by atoms with Crippen LogP contribution in [-0.4, -0.2) is 16.6 Å². The van der Waals surface area contributed by atoms with Gasteiger partial charge in [-0.05, 0) is 38.6 Å². The Kier molecular flexibility index (Phi) is 5.20. The summed E-state index contributed by atoms with van der Waals surface area (Å²) in [5.41, 5.74) is 2.27. The summed E-state index contributed by atoms with van der Waals surface area (Å²) in [5.74, 6) is 1.89. The van der Waals surface area contributed by atoms with Crippen LogP contribution < -0.4 is 10.1 Å². The zero-order chi connectivity index (χ0) is 14.5. The molecule has 0 fully saturated rings. The summed E-state index contributed by atoms with van der Waals surface area (Å²) in [4.78, 5) is 4.34. The average Bonchev–Trinajstić information content (AvgIpc) is 2.85. The molecule has 0 spiro atoms. The number of nitrogens with one attached hydrogen (secondary N) is 1. The smallest absolute Gasteiger partial charge is 0.146 e. The molecule has 1 N–H and O–H groups in total. The fourth-order valence-electron chi connectivity index (χ4n) is 2.23. The van der Waals surface area contributed by atoms with Crippen molar-refractivity contribution < 1.29 is 4.74 Å². The monoisotopic (exact) mass is 337 g/mol. The number of imidazole rings is 1. The predicted octanol–water partition coefficient (Wildman–Crippen LogP) is 3.27. The first-order valence-electron chi connectivity index (χ1n) is 6.72. The largest absolute Gasteiger partial charge is 0.485 e. The van der Waals surface area contributed by atoms with Crippen LogP contribution in [0, 0.1) is 6.92 Å². The van der Waals surface area contributed by atoms with Crippen molar-refractivity contribution in [1.29, 1.82) is 0 Å². The van der Waals surface area contributed by atoms with E-state index in [-0.39, 0.29) is 0 Å². The molecule has 2 aromatic rings. The van der Waals surface area contributed by atoms with Crippen LogP contribution >= 0.6 is 15.9 Å². The highest BCUT2D eigenvalue weighted by atomic mass is 79.9. The van der Waals surface area contributed by atoms with Gasteiger partial charge in [0.2, 0.25) is 0 Å². The second-order valence-corrected chi connectivity index (χ2v) is 5.58. The van der Waals surface area contributed by atoms with Gasteiger partial charge in [0.25, 0.3) is 0 Å². The second kappa shape index (κ2) is 6.90. The van der Waals surface area contributed by atoms with E-state index in [0.717, 1.165) is 40.3 Å². The van der Waals surface area contributed by atoms with Gasteiger partial charge in [0, 0.05) is 35.5 Å². The summed E-state index contributed by atoms with van der Waals surface area (Å²) in [6.07, 6.45) is 3.78. The highest BCUT2D eigenvalue weighted by Crippen LogP contribution is 2.28. The van der Waals surface area contributed by atoms with Gasteiger partial charge in [-0.1, -0.05) is 15.9 Å². The topological polar surface area (TPSA) is 39.1 Å². The molecule has 20 heavy (non-hydrogen) atoms. The molecule has 0 aliphatic carbocycles. The molecular formula is C15H20BrN3O. The van der Waals surface area contributed by atoms with E-state index < -0.39 is 0 Å². The van der Waals surface area contributed by atoms with Gasteiger partial charge in [-0.3, -0.25) is 0 Å². The fraction of sp³-hybridized carbons (Fsp3) is 0.400. The van der Waals surface area contributed by atoms with Gasteiger partial charge in [0.1, 0.15) is 18.2 Å². The highest BCUT2D eigenvalue weighted by Gasteiger charge is 2.10. The Labute approximate surface area is 128 Å². The number of rotatable bonds is 6. The quantitative estimate of drug-likeness (QED) is 0.879. The first-order chi connectivity index (χ1) is 9.65. The predicted molar refractivity (Wildman–Crippen MR) is 83.9 cm³/mol. The molecule has 0 saturated carbocycles. The molecule has 0 saturated heterocycles. The Morgan fingerprint density at radius 3 is 2.90 bits per heavy atom. The molecule has 108 valence electrons. The molecule has 0 aliphatic rings. The van der Waals surface area contributed by atoms with Gasteiger partial charge in [0.05, 0.1) is 0 Å². The Morgan fingerprint density at radius 2 is 2.20 bits per heavy atom. The maximum Gasteiger partial charge on any atom is 0.146 e. The summed E-state index contributed by atoms with van der Waals surface area (Å²) < 4.78 is 9.18. The van der Waals surface area contributed by atoms with Gasteiger partial charge in [-0.15, -0.1) is 0 Å². The summed E-state index contributed by atoms with van der Waals surface area (Å²) in [6.45, 7) is 6.33. The lowest BCUT2D eigenvalue weighted by Crippen LogP contribution is -2.10. The van der Waals surface area contributed by atoms with Crippen molar-refractivity contribution in [3.8, 4) is 5.75 Å². The molecule has 0 amide bonds. The van der Waals surface area contributed by atoms with Crippen LogP contribution in [0.15, 0.2) is 29.0 Å². The zero-order valence-corrected chi connectivity index (χ0v) is 13.7. The maximum absolute atomic E-state index is 6.02. The molecule has 0 atom stereocenters. The van der Waals surface area contributed by atoms with Gasteiger partial charge in [-0.2, -0.15) is 0 Å². The molecular weight excluding hydrogens is 318 g/mol. The van der Waals surface area contributed by atoms with E-state index in [1.165, 1.54) is 0 Å². The van der Waals surface area contributed by atoms with Crippen LogP contribution in [0.2, 0.25) is 0 Å². The number of ether oxygens (including phenoxy) is 1. The number of nitrogens with zero attached hydrogens (tertiary/aromatic N) is 2. The van der Waals surface area contributed by atoms with Gasteiger partial charge < -0.3 is 14.6 Å². The van der Waals surface area contributed by atoms with Gasteiger partial charge in [-0.25, -0.2) is 4.98 Å². The van der Waals surface area contributed by atoms with Crippen LogP contribution in [-0.2, 0) is 19.7 Å². The van der Waals surface area contributed by atoms with E-state index >= 15 is 0 Å². The highest BCUT2D eigenvalue weighted by molar-refractivity contribution is 9.10. The molecule has 0 bridgehead atoms. The third-order valence-electron chi connectivity index (χ3n) is 3.17. The minimum atomic E-state index is 0.486. The first kappa shape index (κ1) is 15.1. The molecule has 1 heterocycles. The maximum atomic E-state index is 6.02. The van der Waals surface area contributed by atoms with Crippen LogP contribution in [0.3, 0.4) is 0 Å². The summed E-state index contributed by atoms with van der Waals surface area (Å²) in [7, 11) is 1.93. The minimum absolute atomic E-state index is 0.486. The normalized spacial score (nSPS) is 10.8. The van der Waals surface area contributed by atoms with Crippen molar-refractivity contribution in [3.05, 3.63) is 46.0 Å². The number of hydrogen-bond acceptors (Lipinski definition) is 3. The van der Waals surface area contributed by atoms with Crippen LogP contribution in [0.4, 0.5) is 0 Å². The van der Waals surface area contributed by atoms with E-state index in [1.54, 1.807) is 0 Å². The Bertz CT molecular complexity index is 580. The van der Waals surface area contributed by atoms with Crippen LogP contribution in [0.25, 0.3) is 0 Å². The first-order valence-corrected chi connectivity index (χ1v) is 7.51. The Balaban J connectivity index is 2.20. The van der Waals surface area contributed by atoms with Crippen molar-refractivity contribution in [3.63, 3.8) is 0 Å². The van der Waals surface area contributed by atoms with E-state index in [2.05, 4.69) is 56.8 Å². The molecule has 0 radical (unpaired) electrons. The number of halogens is 1. The molecule has 2 rings (SSSR count). The summed E-state index contributed by atoms with van der Waals surface area (Å²) in [5, 5.41) is 3.17. The molecule has 1 aromatic carbocycles. The third kappa shape index (κ3) is 3.41. The second-order valence-electron chi connectivity index (χ2n) is 4.66. The molecule has 1 aromatic heterocycles. The van der Waals surface area contributed by atoms with E-state index in [9.17, 15) is 0 Å². The Morgan fingerprint density at radius 1 is 1.40 bits per heavy atom. The SMILES string of the molecule is CCn1ccnc1COc1c(C)cc(Br)cc1CNC. The number of aromatic nitrogens is 2. The van der Waals surface area contributed by atoms with E-state index in [0.29, 0.717) is 6.61 Å². The number of aryl methyl sites for hydroxylation is 2. The van der Waals surface area contributed by atoms with Crippen molar-refractivity contribution in [2.75, 3.05) is 7.05 Å². The lowest BCUT2D eigenvalue weighted by atomic mass is 10.1. The van der Waals surface area contributed by atoms with Crippen molar-refractivity contribution in [2.24, 2.45) is 0 Å². The van der Waals surface area contributed by atoms with Crippen molar-refractivity contribution >= 4 is 15.9 Å². The average molecular weight is 338 g/mol. The summed E-state index contributed by atoms with van der Waals surface area (Å²) in [6, 6.07) is 4.16. The number of hydrogen-bond donors (Lipinski definition) is 1. The summed E-state index contributed by atoms with van der Waals surface area (Å²) >= 11 is 3.53. The Hall–Kier alpha value is -1.33. The minimum Gasteiger partial charge on any atom is -0.485 e. The lowest BCUT2D eigenvalue weighted by molar-refractivity contribution is 0.284. The van der Waals surface area contributed by atoms with E-state index in [1.807, 2.05) is 19.4 Å². The van der Waals surface area contributed by atoms with Gasteiger partial charge in [0.15, 0.2) is 0 Å². The van der Waals surface area contributed by atoms with Crippen molar-refractivity contribution in [1.82, 2.24) is 14.9 Å². The molecule has 5 heteroatoms. The van der Waals surface area contributed by atoms with E-state index in [4.69, 9.17) is 4.74 Å². The zero-order valence-electron chi connectivity index (χ0n) is 12.1. The standard InChI is InChI=1S/C15H20BrN3O/c1-4-19-6-5-18-14(19)10-20-15-11(2)7-13(16)8-12(15)9-17-3/h5-8,17H,4,9-10H2,1-3H3. The molecule has 0 unspecified atom stereocenters. The van der Waals surface area contributed by atoms with Crippen molar-refractivity contribution in [2.45, 2.75) is 33.5 Å². The van der Waals surface area contributed by atoms with Crippen LogP contribution in [0.5, 0.6) is 5.75 Å². The number of benzene rings is 1.